The Morgan fingerprint density at radius 2 is 1.91 bits per heavy atom. The number of methoxy groups -OCH3 is 1. The van der Waals surface area contributed by atoms with E-state index in [4.69, 9.17) is 0 Å². The molecule has 0 unspecified atom stereocenters. The monoisotopic (exact) mass is 322 g/mol. The van der Waals surface area contributed by atoms with Gasteiger partial charge >= 0.3 is 5.97 Å². The molecule has 0 saturated carbocycles. The van der Waals surface area contributed by atoms with Gasteiger partial charge in [0.15, 0.2) is 0 Å². The summed E-state index contributed by atoms with van der Waals surface area (Å²) in [7, 11) is -2.53. The summed E-state index contributed by atoms with van der Waals surface area (Å²) in [5.41, 5.74) is 1.95. The highest BCUT2D eigenvalue weighted by molar-refractivity contribution is 7.92. The fourth-order valence-corrected chi connectivity index (χ4v) is 3.10. The van der Waals surface area contributed by atoms with Crippen molar-refractivity contribution in [2.24, 2.45) is 0 Å². The van der Waals surface area contributed by atoms with Crippen LogP contribution in [0.5, 0.6) is 0 Å². The summed E-state index contributed by atoms with van der Waals surface area (Å²) in [6, 6.07) is 8.15. The molecule has 22 heavy (non-hydrogen) atoms. The molecule has 2 aromatic rings. The van der Waals surface area contributed by atoms with E-state index in [0.717, 1.165) is 12.0 Å². The van der Waals surface area contributed by atoms with Crippen LogP contribution >= 0.6 is 0 Å². The van der Waals surface area contributed by atoms with Crippen LogP contribution in [0.3, 0.4) is 0 Å². The first kappa shape index (κ1) is 16.1. The number of esters is 1. The van der Waals surface area contributed by atoms with Crippen LogP contribution in [0.2, 0.25) is 0 Å². The van der Waals surface area contributed by atoms with Crippen molar-refractivity contribution >= 4 is 21.7 Å². The maximum atomic E-state index is 12.4. The molecule has 0 radical (unpaired) electrons. The van der Waals surface area contributed by atoms with Crippen molar-refractivity contribution < 1.29 is 17.9 Å². The van der Waals surface area contributed by atoms with Gasteiger partial charge in [-0.1, -0.05) is 19.1 Å². The molecule has 0 fully saturated rings. The number of anilines is 1. The minimum absolute atomic E-state index is 0.0775. The lowest BCUT2D eigenvalue weighted by atomic mass is 10.2. The Hall–Kier alpha value is -2.28. The Labute approximate surface area is 129 Å². The maximum Gasteiger partial charge on any atom is 0.356 e. The number of rotatable bonds is 5. The number of aromatic amines is 1. The van der Waals surface area contributed by atoms with Crippen molar-refractivity contribution in [2.75, 3.05) is 11.8 Å². The number of hydrogen-bond donors (Lipinski definition) is 2. The number of hydrogen-bond acceptors (Lipinski definition) is 4. The zero-order valence-corrected chi connectivity index (χ0v) is 13.5. The van der Waals surface area contributed by atoms with Gasteiger partial charge in [-0.2, -0.15) is 0 Å². The standard InChI is InChI=1S/C15H18N2O4S/c1-4-11-5-7-12(8-6-11)22(19,20)17-13-9-10(2)16-14(13)15(18)21-3/h5-9,16-17H,4H2,1-3H3. The number of aromatic nitrogens is 1. The Morgan fingerprint density at radius 3 is 2.45 bits per heavy atom. The molecule has 1 heterocycles. The van der Waals surface area contributed by atoms with Gasteiger partial charge in [0.1, 0.15) is 5.69 Å². The van der Waals surface area contributed by atoms with Crippen LogP contribution in [0, 0.1) is 6.92 Å². The average molecular weight is 322 g/mol. The predicted molar refractivity (Wildman–Crippen MR) is 83.5 cm³/mol. The number of nitrogens with one attached hydrogen (secondary N) is 2. The molecule has 0 saturated heterocycles. The highest BCUT2D eigenvalue weighted by Crippen LogP contribution is 2.22. The molecule has 2 N–H and O–H groups in total. The molecule has 6 nitrogen and oxygen atoms in total. The summed E-state index contributed by atoms with van der Waals surface area (Å²) < 4.78 is 31.8. The van der Waals surface area contributed by atoms with E-state index in [1.165, 1.54) is 7.11 Å². The second-order valence-electron chi connectivity index (χ2n) is 4.84. The minimum atomic E-state index is -3.77. The molecule has 0 aliphatic heterocycles. The smallest absolute Gasteiger partial charge is 0.356 e. The van der Waals surface area contributed by atoms with E-state index in [0.29, 0.717) is 5.69 Å². The van der Waals surface area contributed by atoms with Crippen molar-refractivity contribution in [1.29, 1.82) is 0 Å². The number of H-pyrrole nitrogens is 1. The van der Waals surface area contributed by atoms with Gasteiger partial charge in [0, 0.05) is 5.69 Å². The van der Waals surface area contributed by atoms with Gasteiger partial charge in [-0.05, 0) is 37.1 Å². The first-order valence-corrected chi connectivity index (χ1v) is 8.25. The molecule has 0 amide bonds. The number of benzene rings is 1. The first-order valence-electron chi connectivity index (χ1n) is 6.77. The number of carbonyl (C=O) groups excluding carboxylic acids is 1. The third kappa shape index (κ3) is 3.30. The fourth-order valence-electron chi connectivity index (χ4n) is 2.04. The summed E-state index contributed by atoms with van der Waals surface area (Å²) in [5, 5.41) is 0. The fraction of sp³-hybridized carbons (Fsp3) is 0.267. The molecule has 0 atom stereocenters. The first-order chi connectivity index (χ1) is 10.4. The van der Waals surface area contributed by atoms with E-state index in [-0.39, 0.29) is 16.3 Å². The molecule has 118 valence electrons. The van der Waals surface area contributed by atoms with Crippen molar-refractivity contribution in [3.8, 4) is 0 Å². The van der Waals surface area contributed by atoms with Gasteiger partial charge in [0.25, 0.3) is 10.0 Å². The Morgan fingerprint density at radius 1 is 1.27 bits per heavy atom. The Balaban J connectivity index is 2.34. The summed E-state index contributed by atoms with van der Waals surface area (Å²) in [6.07, 6.45) is 0.831. The molecule has 0 aliphatic rings. The van der Waals surface area contributed by atoms with Crippen molar-refractivity contribution in [3.05, 3.63) is 47.3 Å². The second kappa shape index (κ2) is 6.23. The average Bonchev–Trinajstić information content (AvgIpc) is 2.86. The van der Waals surface area contributed by atoms with Crippen LogP contribution in [0.25, 0.3) is 0 Å². The summed E-state index contributed by atoms with van der Waals surface area (Å²) in [4.78, 5) is 14.6. The molecule has 0 spiro atoms. The van der Waals surface area contributed by atoms with Crippen molar-refractivity contribution in [2.45, 2.75) is 25.2 Å². The highest BCUT2D eigenvalue weighted by atomic mass is 32.2. The van der Waals surface area contributed by atoms with E-state index >= 15 is 0 Å². The molecule has 1 aromatic heterocycles. The van der Waals surface area contributed by atoms with Crippen LogP contribution < -0.4 is 4.72 Å². The SMILES string of the molecule is CCc1ccc(S(=O)(=O)Nc2cc(C)[nH]c2C(=O)OC)cc1. The van der Waals surface area contributed by atoms with Crippen LogP contribution in [0.1, 0.15) is 28.7 Å². The summed E-state index contributed by atoms with van der Waals surface area (Å²) in [6.45, 7) is 3.72. The predicted octanol–water partition coefficient (Wildman–Crippen LogP) is 2.47. The van der Waals surface area contributed by atoms with Gasteiger partial charge < -0.3 is 9.72 Å². The summed E-state index contributed by atoms with van der Waals surface area (Å²) >= 11 is 0. The molecular weight excluding hydrogens is 304 g/mol. The minimum Gasteiger partial charge on any atom is -0.464 e. The number of ether oxygens (including phenoxy) is 1. The molecule has 0 aliphatic carbocycles. The normalized spacial score (nSPS) is 11.2. The van der Waals surface area contributed by atoms with Gasteiger partial charge in [0.05, 0.1) is 17.7 Å². The van der Waals surface area contributed by atoms with Crippen LogP contribution in [-0.2, 0) is 21.2 Å². The maximum absolute atomic E-state index is 12.4. The molecular formula is C15H18N2O4S. The Bertz CT molecular complexity index is 776. The van der Waals surface area contributed by atoms with Gasteiger partial charge in [0.2, 0.25) is 0 Å². The van der Waals surface area contributed by atoms with E-state index < -0.39 is 16.0 Å². The molecule has 7 heteroatoms. The zero-order valence-electron chi connectivity index (χ0n) is 12.6. The lowest BCUT2D eigenvalue weighted by molar-refractivity contribution is 0.0596. The van der Waals surface area contributed by atoms with Gasteiger partial charge in [-0.3, -0.25) is 4.72 Å². The van der Waals surface area contributed by atoms with Crippen LogP contribution in [-0.4, -0.2) is 26.5 Å². The van der Waals surface area contributed by atoms with Crippen molar-refractivity contribution in [3.63, 3.8) is 0 Å². The molecule has 0 bridgehead atoms. The van der Waals surface area contributed by atoms with E-state index in [9.17, 15) is 13.2 Å². The quantitative estimate of drug-likeness (QED) is 0.828. The lowest BCUT2D eigenvalue weighted by Crippen LogP contribution is -2.15. The van der Waals surface area contributed by atoms with Gasteiger partial charge in [-0.15, -0.1) is 0 Å². The van der Waals surface area contributed by atoms with Crippen LogP contribution in [0.4, 0.5) is 5.69 Å². The number of aryl methyl sites for hydroxylation is 2. The largest absolute Gasteiger partial charge is 0.464 e. The summed E-state index contributed by atoms with van der Waals surface area (Å²) in [5.74, 6) is -0.632. The Kier molecular flexibility index (Phi) is 4.56. The topological polar surface area (TPSA) is 88.3 Å². The third-order valence-electron chi connectivity index (χ3n) is 3.23. The zero-order chi connectivity index (χ0) is 16.3. The van der Waals surface area contributed by atoms with Gasteiger partial charge in [-0.25, -0.2) is 13.2 Å². The second-order valence-corrected chi connectivity index (χ2v) is 6.52. The van der Waals surface area contributed by atoms with E-state index in [1.54, 1.807) is 37.3 Å². The van der Waals surface area contributed by atoms with Crippen LogP contribution in [0.15, 0.2) is 35.2 Å². The van der Waals surface area contributed by atoms with E-state index in [1.807, 2.05) is 6.92 Å². The van der Waals surface area contributed by atoms with Crippen molar-refractivity contribution in [1.82, 2.24) is 4.98 Å². The highest BCUT2D eigenvalue weighted by Gasteiger charge is 2.21. The number of carbonyl (C=O) groups is 1. The van der Waals surface area contributed by atoms with E-state index in [2.05, 4.69) is 14.4 Å². The molecule has 2 rings (SSSR count). The molecule has 1 aromatic carbocycles. The third-order valence-corrected chi connectivity index (χ3v) is 4.61. The number of sulfonamides is 1. The lowest BCUT2D eigenvalue weighted by Gasteiger charge is -2.08.